The Kier molecular flexibility index (Phi) is 6.65. The van der Waals surface area contributed by atoms with Gasteiger partial charge >= 0.3 is 23.9 Å². The first kappa shape index (κ1) is 34.4. The number of methoxy groups -OCH3 is 1. The van der Waals surface area contributed by atoms with Gasteiger partial charge in [-0.2, -0.15) is 0 Å². The number of carbonyl (C=O) groups excluding carboxylic acids is 4. The van der Waals surface area contributed by atoms with Crippen molar-refractivity contribution in [3.05, 3.63) is 45.9 Å². The molecular weight excluding hydrogens is 679 g/mol. The van der Waals surface area contributed by atoms with Crippen LogP contribution in [0, 0.1) is 27.5 Å². The SMILES string of the molecule is COc1cc2c(c3oc4cccc(F)c4c(=O)c13)[C@@H](OC(=O)[C@@]13CC[C@@](C)(C(=O)O1)C3(C)C)[C@@H](OC(=O)[C@@]13CC[C@@](C)(C(=O)O1)C3(C)C)C(C)(C)O2. The predicted octanol–water partition coefficient (Wildman–Crippen LogP) is 6.00. The van der Waals surface area contributed by atoms with Gasteiger partial charge in [0, 0.05) is 16.9 Å². The average Bonchev–Trinajstić information content (AvgIpc) is 3.53. The highest BCUT2D eigenvalue weighted by molar-refractivity contribution is 5.98. The average molecular weight is 721 g/mol. The molecule has 2 saturated carbocycles. The lowest BCUT2D eigenvalue weighted by molar-refractivity contribution is -0.217. The maximum atomic E-state index is 15.1. The molecule has 0 N–H and O–H groups in total. The van der Waals surface area contributed by atoms with Crippen LogP contribution in [0.25, 0.3) is 21.9 Å². The van der Waals surface area contributed by atoms with Gasteiger partial charge in [0.15, 0.2) is 17.8 Å². The number of ether oxygens (including phenoxy) is 6. The Balaban J connectivity index is 1.34. The molecule has 4 bridgehead atoms. The quantitative estimate of drug-likeness (QED) is 0.172. The van der Waals surface area contributed by atoms with Gasteiger partial charge in [-0.3, -0.25) is 14.4 Å². The smallest absolute Gasteiger partial charge is 0.351 e. The van der Waals surface area contributed by atoms with Gasteiger partial charge in [0.25, 0.3) is 0 Å². The van der Waals surface area contributed by atoms with Gasteiger partial charge < -0.3 is 32.8 Å². The highest BCUT2D eigenvalue weighted by atomic mass is 19.1. The second-order valence-corrected chi connectivity index (χ2v) is 16.9. The van der Waals surface area contributed by atoms with Crippen molar-refractivity contribution >= 4 is 45.8 Å². The van der Waals surface area contributed by atoms with Crippen molar-refractivity contribution < 1.29 is 56.4 Å². The van der Waals surface area contributed by atoms with Crippen LogP contribution in [-0.2, 0) is 38.1 Å². The van der Waals surface area contributed by atoms with Crippen LogP contribution < -0.4 is 14.9 Å². The van der Waals surface area contributed by atoms with Crippen molar-refractivity contribution in [2.75, 3.05) is 7.11 Å². The predicted molar refractivity (Wildman–Crippen MR) is 180 cm³/mol. The zero-order valence-electron chi connectivity index (χ0n) is 30.6. The molecule has 3 aromatic rings. The maximum Gasteiger partial charge on any atom is 0.351 e. The summed E-state index contributed by atoms with van der Waals surface area (Å²) in [7, 11) is 1.33. The third-order valence-electron chi connectivity index (χ3n) is 14.0. The van der Waals surface area contributed by atoms with Crippen molar-refractivity contribution in [3.63, 3.8) is 0 Å². The molecule has 1 aromatic heterocycles. The number of hydrogen-bond donors (Lipinski definition) is 0. The molecule has 5 aliphatic rings. The highest BCUT2D eigenvalue weighted by Crippen LogP contribution is 2.68. The molecule has 0 unspecified atom stereocenters. The van der Waals surface area contributed by atoms with Crippen molar-refractivity contribution in [2.24, 2.45) is 21.7 Å². The van der Waals surface area contributed by atoms with E-state index in [1.54, 1.807) is 55.4 Å². The minimum Gasteiger partial charge on any atom is -0.496 e. The minimum atomic E-state index is -1.69. The molecule has 6 atom stereocenters. The van der Waals surface area contributed by atoms with Gasteiger partial charge in [-0.15, -0.1) is 0 Å². The lowest BCUT2D eigenvalue weighted by Gasteiger charge is -2.46. The fraction of sp³-hybridized carbons (Fsp3) is 0.564. The molecular formula is C39H41FO12. The van der Waals surface area contributed by atoms with Crippen LogP contribution in [0.3, 0.4) is 0 Å². The normalized spacial score (nSPS) is 34.4. The summed E-state index contributed by atoms with van der Waals surface area (Å²) in [4.78, 5) is 69.6. The van der Waals surface area contributed by atoms with Crippen LogP contribution in [-0.4, -0.2) is 53.9 Å². The van der Waals surface area contributed by atoms with E-state index in [1.807, 2.05) is 0 Å². The summed E-state index contributed by atoms with van der Waals surface area (Å²) in [5.41, 5.74) is -9.65. The number of esters is 4. The Labute approximate surface area is 298 Å². The van der Waals surface area contributed by atoms with E-state index < -0.39 is 85.8 Å². The van der Waals surface area contributed by atoms with Crippen LogP contribution in [0.5, 0.6) is 11.5 Å². The Morgan fingerprint density at radius 2 is 1.33 bits per heavy atom. The van der Waals surface area contributed by atoms with Gasteiger partial charge in [-0.1, -0.05) is 33.8 Å². The summed E-state index contributed by atoms with van der Waals surface area (Å²) in [6, 6.07) is 5.34. The Morgan fingerprint density at radius 1 is 0.769 bits per heavy atom. The second kappa shape index (κ2) is 10.0. The molecule has 0 spiro atoms. The van der Waals surface area contributed by atoms with E-state index >= 15 is 4.39 Å². The van der Waals surface area contributed by atoms with Crippen LogP contribution in [0.15, 0.2) is 33.5 Å². The van der Waals surface area contributed by atoms with Crippen molar-refractivity contribution in [1.82, 2.24) is 0 Å². The fourth-order valence-corrected chi connectivity index (χ4v) is 9.52. The van der Waals surface area contributed by atoms with Crippen LogP contribution in [0.4, 0.5) is 4.39 Å². The Morgan fingerprint density at radius 3 is 1.83 bits per heavy atom. The summed E-state index contributed by atoms with van der Waals surface area (Å²) >= 11 is 0. The molecule has 276 valence electrons. The van der Waals surface area contributed by atoms with E-state index in [9.17, 15) is 24.0 Å². The van der Waals surface area contributed by atoms with Crippen molar-refractivity contribution in [2.45, 2.75) is 110 Å². The second-order valence-electron chi connectivity index (χ2n) is 16.9. The Hall–Kier alpha value is -4.68. The molecule has 12 nitrogen and oxygen atoms in total. The molecule has 8 rings (SSSR count). The van der Waals surface area contributed by atoms with E-state index in [0.29, 0.717) is 12.8 Å². The van der Waals surface area contributed by atoms with Crippen molar-refractivity contribution in [3.8, 4) is 11.5 Å². The highest BCUT2D eigenvalue weighted by Gasteiger charge is 2.78. The zero-order valence-corrected chi connectivity index (χ0v) is 30.6. The fourth-order valence-electron chi connectivity index (χ4n) is 9.52. The van der Waals surface area contributed by atoms with E-state index in [1.165, 1.54) is 25.3 Å². The largest absolute Gasteiger partial charge is 0.496 e. The molecule has 4 fully saturated rings. The number of fused-ring (bicyclic) bond motifs is 8. The van der Waals surface area contributed by atoms with Crippen LogP contribution in [0.1, 0.15) is 92.7 Å². The lowest BCUT2D eigenvalue weighted by Crippen LogP contribution is -2.57. The maximum absolute atomic E-state index is 15.1. The number of rotatable bonds is 5. The first-order chi connectivity index (χ1) is 24.1. The molecule has 2 aromatic carbocycles. The summed E-state index contributed by atoms with van der Waals surface area (Å²) in [5, 5.41) is -0.484. The molecule has 0 radical (unpaired) electrons. The summed E-state index contributed by atoms with van der Waals surface area (Å²) in [5.74, 6) is -3.52. The van der Waals surface area contributed by atoms with E-state index in [2.05, 4.69) is 0 Å². The van der Waals surface area contributed by atoms with E-state index in [4.69, 9.17) is 32.8 Å². The number of benzene rings is 2. The summed E-state index contributed by atoms with van der Waals surface area (Å²) in [6.07, 6.45) is -1.84. The van der Waals surface area contributed by atoms with Gasteiger partial charge in [-0.25, -0.2) is 14.0 Å². The molecule has 52 heavy (non-hydrogen) atoms. The van der Waals surface area contributed by atoms with Crippen LogP contribution in [0.2, 0.25) is 0 Å². The topological polar surface area (TPSA) is 154 Å². The van der Waals surface area contributed by atoms with Gasteiger partial charge in [-0.05, 0) is 65.5 Å². The lowest BCUT2D eigenvalue weighted by atomic mass is 9.66. The first-order valence-electron chi connectivity index (χ1n) is 17.5. The first-order valence-corrected chi connectivity index (χ1v) is 17.5. The number of halogens is 1. The third-order valence-corrected chi connectivity index (χ3v) is 14.0. The van der Waals surface area contributed by atoms with E-state index in [-0.39, 0.29) is 51.8 Å². The third kappa shape index (κ3) is 3.74. The molecule has 3 aliphatic heterocycles. The zero-order chi connectivity index (χ0) is 37.8. The minimum absolute atomic E-state index is 0.00346. The van der Waals surface area contributed by atoms with Gasteiger partial charge in [0.05, 0.1) is 23.5 Å². The molecule has 0 amide bonds. The molecule has 4 heterocycles. The van der Waals surface area contributed by atoms with Gasteiger partial charge in [0.2, 0.25) is 16.6 Å². The van der Waals surface area contributed by atoms with Crippen LogP contribution >= 0.6 is 0 Å². The number of carbonyl (C=O) groups is 4. The Bertz CT molecular complexity index is 2240. The molecule has 13 heteroatoms. The van der Waals surface area contributed by atoms with E-state index in [0.717, 1.165) is 6.07 Å². The number of hydrogen-bond acceptors (Lipinski definition) is 12. The van der Waals surface area contributed by atoms with Gasteiger partial charge in [0.1, 0.15) is 39.3 Å². The standard InChI is InChI=1S/C39H41FO12/c1-33(2)28(49-32(45)39-16-14-37(8,30(43)52-39)35(39,5)6)27(48-31(44)38-15-13-36(7,29(42)51-38)34(38,3)4)24-21(50-33)17-20(46-9)23-25(41)22-18(40)11-10-12-19(22)47-26(23)24/h10-12,17,27-28H,13-16H2,1-9H3/t27-,28-,36+,37+,38-,39-/m1/s1. The summed E-state index contributed by atoms with van der Waals surface area (Å²) in [6.45, 7) is 13.9. The monoisotopic (exact) mass is 720 g/mol. The molecule has 2 saturated heterocycles. The molecule has 2 aliphatic carbocycles. The summed E-state index contributed by atoms with van der Waals surface area (Å²) < 4.78 is 57.9. The van der Waals surface area contributed by atoms with Crippen molar-refractivity contribution in [1.29, 1.82) is 0 Å².